The predicted molar refractivity (Wildman–Crippen MR) is 131 cm³/mol. The molecule has 2 rings (SSSR count). The van der Waals surface area contributed by atoms with E-state index in [9.17, 15) is 4.79 Å². The standard InChI is InChI=1S/C20H34O4.C7H6O3/c1-17(2,3)21-23-19(7,8)15-13-11-12-14-16(15)20(9,10)24-22-18(4,5)6;8-7(10-9)6-4-2-1-3-5-6/h11-14H,1-10H3;1-5,9H. The molecule has 0 radical (unpaired) electrons. The molecular formula is C27H40O7. The van der Waals surface area contributed by atoms with Crippen molar-refractivity contribution in [3.8, 4) is 0 Å². The average molecular weight is 477 g/mol. The zero-order valence-electron chi connectivity index (χ0n) is 22.1. The summed E-state index contributed by atoms with van der Waals surface area (Å²) < 4.78 is 0. The Balaban J connectivity index is 0.000000479. The maximum absolute atomic E-state index is 10.5. The summed E-state index contributed by atoms with van der Waals surface area (Å²) in [6, 6.07) is 16.3. The first kappa shape index (κ1) is 29.7. The van der Waals surface area contributed by atoms with E-state index in [2.05, 4.69) is 4.89 Å². The highest BCUT2D eigenvalue weighted by molar-refractivity contribution is 5.88. The number of hydrogen-bond acceptors (Lipinski definition) is 7. The maximum atomic E-state index is 10.5. The van der Waals surface area contributed by atoms with E-state index in [0.29, 0.717) is 5.56 Å². The van der Waals surface area contributed by atoms with Gasteiger partial charge in [0, 0.05) is 0 Å². The zero-order valence-corrected chi connectivity index (χ0v) is 22.1. The first-order valence-electron chi connectivity index (χ1n) is 11.2. The number of hydrogen-bond donors (Lipinski definition) is 1. The second-order valence-electron chi connectivity index (χ2n) is 10.9. The van der Waals surface area contributed by atoms with Gasteiger partial charge in [0.15, 0.2) is 0 Å². The topological polar surface area (TPSA) is 83.5 Å². The SMILES string of the molecule is CC(C)(C)OOC(C)(C)c1ccccc1C(C)(C)OOC(C)(C)C.O=C(OO)c1ccccc1. The van der Waals surface area contributed by atoms with Crippen LogP contribution in [0.3, 0.4) is 0 Å². The Kier molecular flexibility index (Phi) is 10.4. The van der Waals surface area contributed by atoms with Crippen LogP contribution < -0.4 is 0 Å². The van der Waals surface area contributed by atoms with Gasteiger partial charge in [0.25, 0.3) is 0 Å². The number of rotatable bonds is 7. The number of carbonyl (C=O) groups excluding carboxylic acids is 1. The van der Waals surface area contributed by atoms with Crippen LogP contribution in [0, 0.1) is 0 Å². The molecule has 0 saturated carbocycles. The lowest BCUT2D eigenvalue weighted by Gasteiger charge is -2.35. The average Bonchev–Trinajstić information content (AvgIpc) is 2.76. The van der Waals surface area contributed by atoms with Gasteiger partial charge in [-0.2, -0.15) is 5.26 Å². The van der Waals surface area contributed by atoms with Crippen LogP contribution in [-0.4, -0.2) is 22.4 Å². The van der Waals surface area contributed by atoms with Gasteiger partial charge in [-0.3, -0.25) is 4.89 Å². The summed E-state index contributed by atoms with van der Waals surface area (Å²) in [5, 5.41) is 7.94. The van der Waals surface area contributed by atoms with Gasteiger partial charge >= 0.3 is 5.97 Å². The van der Waals surface area contributed by atoms with Crippen molar-refractivity contribution in [2.45, 2.75) is 91.6 Å². The lowest BCUT2D eigenvalue weighted by molar-refractivity contribution is -0.407. The molecule has 0 aliphatic rings. The monoisotopic (exact) mass is 476 g/mol. The molecule has 1 N–H and O–H groups in total. The summed E-state index contributed by atoms with van der Waals surface area (Å²) in [5.41, 5.74) is 0.304. The van der Waals surface area contributed by atoms with E-state index in [0.717, 1.165) is 11.1 Å². The van der Waals surface area contributed by atoms with Crippen molar-refractivity contribution in [2.75, 3.05) is 0 Å². The lowest BCUT2D eigenvalue weighted by Crippen LogP contribution is -2.34. The van der Waals surface area contributed by atoms with Crippen LogP contribution >= 0.6 is 0 Å². The Morgan fingerprint density at radius 3 is 1.26 bits per heavy atom. The minimum absolute atomic E-state index is 0.338. The fraction of sp³-hybridized carbons (Fsp3) is 0.519. The second kappa shape index (κ2) is 11.9. The number of carbonyl (C=O) groups is 1. The van der Waals surface area contributed by atoms with Gasteiger partial charge in [-0.1, -0.05) is 42.5 Å². The molecule has 0 heterocycles. The van der Waals surface area contributed by atoms with Crippen LogP contribution in [0.4, 0.5) is 0 Å². The van der Waals surface area contributed by atoms with Crippen molar-refractivity contribution in [1.82, 2.24) is 0 Å². The fourth-order valence-corrected chi connectivity index (χ4v) is 2.71. The van der Waals surface area contributed by atoms with E-state index in [1.807, 2.05) is 93.5 Å². The Morgan fingerprint density at radius 2 is 0.941 bits per heavy atom. The maximum Gasteiger partial charge on any atom is 0.372 e. The van der Waals surface area contributed by atoms with Gasteiger partial charge in [-0.15, -0.1) is 0 Å². The fourth-order valence-electron chi connectivity index (χ4n) is 2.71. The summed E-state index contributed by atoms with van der Waals surface area (Å²) >= 11 is 0. The van der Waals surface area contributed by atoms with Crippen LogP contribution in [0.5, 0.6) is 0 Å². The first-order chi connectivity index (χ1) is 15.5. The molecule has 0 aromatic heterocycles. The molecule has 0 fully saturated rings. The minimum atomic E-state index is -0.736. The second-order valence-corrected chi connectivity index (χ2v) is 10.9. The van der Waals surface area contributed by atoms with Crippen molar-refractivity contribution in [3.05, 3.63) is 71.3 Å². The molecule has 2 aromatic rings. The third-order valence-corrected chi connectivity index (χ3v) is 4.32. The third-order valence-electron chi connectivity index (χ3n) is 4.32. The molecule has 0 saturated heterocycles. The Hall–Kier alpha value is -2.29. The Bertz CT molecular complexity index is 842. The molecule has 7 heteroatoms. The van der Waals surface area contributed by atoms with Crippen molar-refractivity contribution >= 4 is 5.97 Å². The molecular weight excluding hydrogens is 436 g/mol. The highest BCUT2D eigenvalue weighted by atomic mass is 17.2. The summed E-state index contributed by atoms with van der Waals surface area (Å²) in [4.78, 5) is 36.7. The number of benzene rings is 2. The summed E-state index contributed by atoms with van der Waals surface area (Å²) in [7, 11) is 0. The zero-order chi connectivity index (χ0) is 26.2. The molecule has 7 nitrogen and oxygen atoms in total. The first-order valence-corrected chi connectivity index (χ1v) is 11.2. The predicted octanol–water partition coefficient (Wildman–Crippen LogP) is 6.97. The van der Waals surface area contributed by atoms with Crippen LogP contribution in [0.1, 0.15) is 90.7 Å². The minimum Gasteiger partial charge on any atom is -0.296 e. The smallest absolute Gasteiger partial charge is 0.296 e. The highest BCUT2D eigenvalue weighted by Crippen LogP contribution is 2.37. The largest absolute Gasteiger partial charge is 0.372 e. The molecule has 0 spiro atoms. The van der Waals surface area contributed by atoms with E-state index < -0.39 is 17.2 Å². The molecule has 0 aliphatic heterocycles. The molecule has 0 unspecified atom stereocenters. The van der Waals surface area contributed by atoms with Crippen LogP contribution in [0.2, 0.25) is 0 Å². The third kappa shape index (κ3) is 10.3. The van der Waals surface area contributed by atoms with Crippen LogP contribution in [0.15, 0.2) is 54.6 Å². The normalized spacial score (nSPS) is 12.6. The van der Waals surface area contributed by atoms with Crippen molar-refractivity contribution in [1.29, 1.82) is 0 Å². The highest BCUT2D eigenvalue weighted by Gasteiger charge is 2.35. The van der Waals surface area contributed by atoms with Crippen LogP contribution in [-0.2, 0) is 35.6 Å². The molecule has 0 atom stereocenters. The van der Waals surface area contributed by atoms with E-state index in [-0.39, 0.29) is 11.2 Å². The summed E-state index contributed by atoms with van der Waals surface area (Å²) in [5.74, 6) is -0.736. The van der Waals surface area contributed by atoms with Crippen LogP contribution in [0.25, 0.3) is 0 Å². The Labute approximate surface area is 203 Å². The van der Waals surface area contributed by atoms with Gasteiger partial charge in [0.1, 0.15) is 11.2 Å². The van der Waals surface area contributed by atoms with E-state index in [4.69, 9.17) is 24.8 Å². The van der Waals surface area contributed by atoms with Crippen molar-refractivity contribution in [3.63, 3.8) is 0 Å². The molecule has 34 heavy (non-hydrogen) atoms. The van der Waals surface area contributed by atoms with Gasteiger partial charge in [-0.05, 0) is 92.5 Å². The van der Waals surface area contributed by atoms with Gasteiger partial charge in [-0.25, -0.2) is 24.3 Å². The van der Waals surface area contributed by atoms with Crippen molar-refractivity contribution < 1.29 is 34.5 Å². The van der Waals surface area contributed by atoms with Crippen molar-refractivity contribution in [2.24, 2.45) is 0 Å². The summed E-state index contributed by atoms with van der Waals surface area (Å²) in [6.45, 7) is 19.7. The van der Waals surface area contributed by atoms with E-state index in [1.165, 1.54) is 0 Å². The molecule has 0 amide bonds. The van der Waals surface area contributed by atoms with Gasteiger partial charge in [0.2, 0.25) is 0 Å². The molecule has 0 aliphatic carbocycles. The Morgan fingerprint density at radius 1 is 0.588 bits per heavy atom. The lowest BCUT2D eigenvalue weighted by atomic mass is 9.85. The molecule has 0 bridgehead atoms. The molecule has 2 aromatic carbocycles. The van der Waals surface area contributed by atoms with E-state index in [1.54, 1.807) is 30.3 Å². The van der Waals surface area contributed by atoms with Gasteiger partial charge < -0.3 is 0 Å². The molecule has 190 valence electrons. The van der Waals surface area contributed by atoms with E-state index >= 15 is 0 Å². The quantitative estimate of drug-likeness (QED) is 0.341. The summed E-state index contributed by atoms with van der Waals surface area (Å²) in [6.07, 6.45) is 0. The van der Waals surface area contributed by atoms with Gasteiger partial charge in [0.05, 0.1) is 16.8 Å².